The molecular formula is C19H26N2O. The quantitative estimate of drug-likeness (QED) is 0.764. The number of aliphatic imine (C=N–C) groups is 1. The number of carbonyl (C=O) groups is 1. The molecule has 1 aromatic carbocycles. The average molecular weight is 298 g/mol. The van der Waals surface area contributed by atoms with Crippen molar-refractivity contribution in [1.29, 1.82) is 0 Å². The SMILES string of the molecule is Cc1ccc(C2=CC(=O)N(C(C)(C)C)C2=NC(C)(C)C)cc1. The van der Waals surface area contributed by atoms with Crippen molar-refractivity contribution in [2.75, 3.05) is 0 Å². The highest BCUT2D eigenvalue weighted by atomic mass is 16.2. The van der Waals surface area contributed by atoms with Gasteiger partial charge in [-0.2, -0.15) is 0 Å². The third kappa shape index (κ3) is 3.46. The monoisotopic (exact) mass is 298 g/mol. The predicted octanol–water partition coefficient (Wildman–Crippen LogP) is 4.22. The molecule has 2 rings (SSSR count). The Kier molecular flexibility index (Phi) is 4.03. The van der Waals surface area contributed by atoms with Crippen LogP contribution < -0.4 is 0 Å². The summed E-state index contributed by atoms with van der Waals surface area (Å²) < 4.78 is 0. The fourth-order valence-corrected chi connectivity index (χ4v) is 2.50. The first-order valence-corrected chi connectivity index (χ1v) is 7.72. The van der Waals surface area contributed by atoms with Gasteiger partial charge in [-0.05, 0) is 54.0 Å². The van der Waals surface area contributed by atoms with Gasteiger partial charge in [-0.25, -0.2) is 0 Å². The van der Waals surface area contributed by atoms with E-state index in [1.165, 1.54) is 5.56 Å². The molecule has 0 fully saturated rings. The fourth-order valence-electron chi connectivity index (χ4n) is 2.50. The van der Waals surface area contributed by atoms with E-state index in [2.05, 4.69) is 52.0 Å². The van der Waals surface area contributed by atoms with Crippen LogP contribution in [0, 0.1) is 6.92 Å². The topological polar surface area (TPSA) is 32.7 Å². The number of amides is 1. The molecule has 0 aromatic heterocycles. The summed E-state index contributed by atoms with van der Waals surface area (Å²) in [5.41, 5.74) is 2.61. The largest absolute Gasteiger partial charge is 0.288 e. The van der Waals surface area contributed by atoms with Crippen LogP contribution in [0.25, 0.3) is 5.57 Å². The van der Waals surface area contributed by atoms with Gasteiger partial charge in [0.15, 0.2) is 0 Å². The van der Waals surface area contributed by atoms with Crippen LogP contribution in [0.3, 0.4) is 0 Å². The van der Waals surface area contributed by atoms with Crippen molar-refractivity contribution in [3.8, 4) is 0 Å². The van der Waals surface area contributed by atoms with Gasteiger partial charge in [0.05, 0.1) is 5.54 Å². The third-order valence-electron chi connectivity index (χ3n) is 3.42. The molecule has 0 unspecified atom stereocenters. The lowest BCUT2D eigenvalue weighted by Crippen LogP contribution is -2.46. The van der Waals surface area contributed by atoms with Crippen LogP contribution in [-0.2, 0) is 4.79 Å². The maximum Gasteiger partial charge on any atom is 0.253 e. The van der Waals surface area contributed by atoms with Crippen LogP contribution in [0.1, 0.15) is 52.7 Å². The second-order valence-corrected chi connectivity index (χ2v) is 7.87. The molecule has 0 spiro atoms. The molecular weight excluding hydrogens is 272 g/mol. The van der Waals surface area contributed by atoms with Gasteiger partial charge in [0.25, 0.3) is 5.91 Å². The summed E-state index contributed by atoms with van der Waals surface area (Å²) >= 11 is 0. The van der Waals surface area contributed by atoms with Crippen molar-refractivity contribution in [2.24, 2.45) is 4.99 Å². The molecule has 3 heteroatoms. The molecule has 1 aromatic rings. The standard InChI is InChI=1S/C19H26N2O/c1-13-8-10-14(11-9-13)15-12-16(22)21(19(5,6)7)17(15)20-18(2,3)4/h8-12H,1-7H3. The lowest BCUT2D eigenvalue weighted by molar-refractivity contribution is -0.124. The third-order valence-corrected chi connectivity index (χ3v) is 3.42. The van der Waals surface area contributed by atoms with Gasteiger partial charge in [-0.3, -0.25) is 14.7 Å². The van der Waals surface area contributed by atoms with Crippen LogP contribution in [0.5, 0.6) is 0 Å². The Bertz CT molecular complexity index is 637. The number of benzene rings is 1. The van der Waals surface area contributed by atoms with Gasteiger partial charge < -0.3 is 0 Å². The maximum atomic E-state index is 12.5. The number of nitrogens with zero attached hydrogens (tertiary/aromatic N) is 2. The Morgan fingerprint density at radius 3 is 1.95 bits per heavy atom. The normalized spacial score (nSPS) is 18.1. The second-order valence-electron chi connectivity index (χ2n) is 7.87. The van der Waals surface area contributed by atoms with Crippen molar-refractivity contribution in [1.82, 2.24) is 4.90 Å². The Hall–Kier alpha value is -1.90. The Morgan fingerprint density at radius 2 is 1.50 bits per heavy atom. The van der Waals surface area contributed by atoms with Crippen molar-refractivity contribution in [3.63, 3.8) is 0 Å². The first-order valence-electron chi connectivity index (χ1n) is 7.72. The van der Waals surface area contributed by atoms with Gasteiger partial charge in [-0.1, -0.05) is 29.8 Å². The summed E-state index contributed by atoms with van der Waals surface area (Å²) in [5, 5.41) is 0. The van der Waals surface area contributed by atoms with Crippen LogP contribution in [0.15, 0.2) is 35.3 Å². The molecule has 0 bridgehead atoms. The van der Waals surface area contributed by atoms with E-state index in [9.17, 15) is 4.79 Å². The molecule has 0 aliphatic carbocycles. The highest BCUT2D eigenvalue weighted by Gasteiger charge is 2.38. The Labute approximate surface area is 133 Å². The van der Waals surface area contributed by atoms with Gasteiger partial charge in [0.2, 0.25) is 0 Å². The minimum absolute atomic E-state index is 0.00563. The fraction of sp³-hybridized carbons (Fsp3) is 0.474. The van der Waals surface area contributed by atoms with E-state index >= 15 is 0 Å². The molecule has 0 atom stereocenters. The molecule has 0 saturated carbocycles. The summed E-state index contributed by atoms with van der Waals surface area (Å²) in [6.45, 7) is 14.3. The van der Waals surface area contributed by atoms with Gasteiger partial charge in [0, 0.05) is 17.2 Å². The van der Waals surface area contributed by atoms with Crippen LogP contribution in [0.4, 0.5) is 0 Å². The minimum atomic E-state index is -0.301. The zero-order chi connectivity index (χ0) is 16.7. The van der Waals surface area contributed by atoms with Crippen LogP contribution in [0.2, 0.25) is 0 Å². The summed E-state index contributed by atoms with van der Waals surface area (Å²) in [7, 11) is 0. The molecule has 1 aliphatic heterocycles. The molecule has 0 radical (unpaired) electrons. The summed E-state index contributed by atoms with van der Waals surface area (Å²) in [5.74, 6) is 0.778. The zero-order valence-electron chi connectivity index (χ0n) is 14.7. The number of amidine groups is 1. The summed E-state index contributed by atoms with van der Waals surface area (Å²) in [6, 6.07) is 8.24. The second kappa shape index (κ2) is 5.38. The van der Waals surface area contributed by atoms with Crippen LogP contribution >= 0.6 is 0 Å². The van der Waals surface area contributed by atoms with Crippen molar-refractivity contribution >= 4 is 17.3 Å². The molecule has 3 nitrogen and oxygen atoms in total. The number of aryl methyl sites for hydroxylation is 1. The molecule has 1 heterocycles. The van der Waals surface area contributed by atoms with Crippen molar-refractivity contribution < 1.29 is 4.79 Å². The first-order chi connectivity index (χ1) is 9.99. The zero-order valence-corrected chi connectivity index (χ0v) is 14.7. The smallest absolute Gasteiger partial charge is 0.253 e. The van der Waals surface area contributed by atoms with Gasteiger partial charge in [-0.15, -0.1) is 0 Å². The van der Waals surface area contributed by atoms with Crippen molar-refractivity contribution in [2.45, 2.75) is 59.5 Å². The van der Waals surface area contributed by atoms with Crippen LogP contribution in [-0.4, -0.2) is 27.7 Å². The molecule has 118 valence electrons. The first kappa shape index (κ1) is 16.5. The highest BCUT2D eigenvalue weighted by Crippen LogP contribution is 2.31. The van der Waals surface area contributed by atoms with Gasteiger partial charge in [0.1, 0.15) is 5.84 Å². The average Bonchev–Trinajstić information content (AvgIpc) is 2.64. The highest BCUT2D eigenvalue weighted by molar-refractivity contribution is 6.36. The van der Waals surface area contributed by atoms with E-state index in [4.69, 9.17) is 4.99 Å². The Balaban J connectivity index is 2.57. The summed E-state index contributed by atoms with van der Waals surface area (Å²) in [6.07, 6.45) is 1.71. The molecule has 0 saturated heterocycles. The van der Waals surface area contributed by atoms with E-state index in [0.717, 1.165) is 17.0 Å². The lowest BCUT2D eigenvalue weighted by Gasteiger charge is -2.34. The summed E-state index contributed by atoms with van der Waals surface area (Å²) in [4.78, 5) is 19.2. The van der Waals surface area contributed by atoms with E-state index in [1.54, 1.807) is 11.0 Å². The minimum Gasteiger partial charge on any atom is -0.288 e. The van der Waals surface area contributed by atoms with E-state index in [1.807, 2.05) is 20.8 Å². The van der Waals surface area contributed by atoms with E-state index in [-0.39, 0.29) is 17.0 Å². The number of rotatable bonds is 1. The lowest BCUT2D eigenvalue weighted by atomic mass is 10.0. The van der Waals surface area contributed by atoms with E-state index in [0.29, 0.717) is 0 Å². The molecule has 22 heavy (non-hydrogen) atoms. The number of hydrogen-bond donors (Lipinski definition) is 0. The Morgan fingerprint density at radius 1 is 0.955 bits per heavy atom. The predicted molar refractivity (Wildman–Crippen MR) is 92.9 cm³/mol. The molecule has 0 N–H and O–H groups in total. The maximum absolute atomic E-state index is 12.5. The van der Waals surface area contributed by atoms with Gasteiger partial charge >= 0.3 is 0 Å². The van der Waals surface area contributed by atoms with E-state index < -0.39 is 0 Å². The number of carbonyl (C=O) groups excluding carboxylic acids is 1. The molecule has 1 amide bonds. The number of hydrogen-bond acceptors (Lipinski definition) is 2. The van der Waals surface area contributed by atoms with Crippen molar-refractivity contribution in [3.05, 3.63) is 41.5 Å². The molecule has 1 aliphatic rings.